The molecular weight excluding hydrogens is 509 g/mol. The van der Waals surface area contributed by atoms with E-state index in [0.717, 1.165) is 0 Å². The molecule has 0 saturated heterocycles. The molecule has 0 radical (unpaired) electrons. The molecule has 0 aliphatic rings. The van der Waals surface area contributed by atoms with E-state index in [9.17, 15) is 14.0 Å². The van der Waals surface area contributed by atoms with Crippen molar-refractivity contribution in [1.29, 1.82) is 0 Å². The Kier molecular flexibility index (Phi) is 9.55. The lowest BCUT2D eigenvalue weighted by Gasteiger charge is -2.23. The fourth-order valence-electron chi connectivity index (χ4n) is 3.63. The van der Waals surface area contributed by atoms with Crippen molar-refractivity contribution in [1.82, 2.24) is 19.9 Å². The first-order valence-corrected chi connectivity index (χ1v) is 12.8. The molecule has 11 nitrogen and oxygen atoms in total. The molecule has 39 heavy (non-hydrogen) atoms. The number of carbonyl (C=O) groups is 2. The predicted molar refractivity (Wildman–Crippen MR) is 143 cm³/mol. The number of esters is 1. The number of hydrogen-bond donors (Lipinski definition) is 2. The van der Waals surface area contributed by atoms with E-state index in [0.29, 0.717) is 22.8 Å². The molecule has 3 rings (SSSR count). The van der Waals surface area contributed by atoms with E-state index in [2.05, 4.69) is 20.7 Å². The van der Waals surface area contributed by atoms with Gasteiger partial charge < -0.3 is 29.6 Å². The molecule has 212 valence electrons. The fraction of sp³-hybridized carbons (Fsp3) is 0.481. The summed E-state index contributed by atoms with van der Waals surface area (Å²) in [4.78, 5) is 28.8. The van der Waals surface area contributed by atoms with E-state index in [1.54, 1.807) is 40.0 Å². The van der Waals surface area contributed by atoms with E-state index in [1.165, 1.54) is 22.8 Å². The molecule has 2 aromatic heterocycles. The minimum Gasteiger partial charge on any atom is -0.487 e. The molecule has 3 aromatic rings. The molecule has 12 heteroatoms. The van der Waals surface area contributed by atoms with Crippen LogP contribution < -0.4 is 20.1 Å². The molecule has 1 amide bonds. The van der Waals surface area contributed by atoms with Gasteiger partial charge in [-0.25, -0.2) is 23.5 Å². The lowest BCUT2D eigenvalue weighted by molar-refractivity contribution is 0.0513. The van der Waals surface area contributed by atoms with E-state index < -0.39 is 29.5 Å². The Morgan fingerprint density at radius 3 is 2.59 bits per heavy atom. The Labute approximate surface area is 227 Å². The van der Waals surface area contributed by atoms with Gasteiger partial charge >= 0.3 is 12.1 Å². The molecule has 1 aromatic carbocycles. The van der Waals surface area contributed by atoms with Gasteiger partial charge in [-0.15, -0.1) is 0 Å². The number of nitrogens with zero attached hydrogens (tertiary/aromatic N) is 3. The van der Waals surface area contributed by atoms with Gasteiger partial charge in [0, 0.05) is 17.8 Å². The topological polar surface area (TPSA) is 125 Å². The van der Waals surface area contributed by atoms with Gasteiger partial charge in [0.2, 0.25) is 0 Å². The number of carbonyl (C=O) groups excluding carboxylic acids is 2. The van der Waals surface area contributed by atoms with Crippen molar-refractivity contribution in [3.05, 3.63) is 47.5 Å². The Bertz CT molecular complexity index is 1300. The molecule has 2 N–H and O–H groups in total. The molecule has 2 heterocycles. The Balaban J connectivity index is 1.83. The number of hydrogen-bond acceptors (Lipinski definition) is 9. The van der Waals surface area contributed by atoms with Gasteiger partial charge in [-0.3, -0.25) is 0 Å². The molecule has 0 bridgehead atoms. The first kappa shape index (κ1) is 29.5. The van der Waals surface area contributed by atoms with Crippen molar-refractivity contribution < 1.29 is 32.9 Å². The number of fused-ring (bicyclic) bond motifs is 1. The monoisotopic (exact) mass is 545 g/mol. The lowest BCUT2D eigenvalue weighted by Crippen LogP contribution is -2.34. The highest BCUT2D eigenvalue weighted by molar-refractivity contribution is 5.95. The second-order valence-electron chi connectivity index (χ2n) is 9.99. The van der Waals surface area contributed by atoms with Crippen LogP contribution in [0.5, 0.6) is 11.5 Å². The van der Waals surface area contributed by atoms with Crippen molar-refractivity contribution in [3.63, 3.8) is 0 Å². The first-order chi connectivity index (χ1) is 18.4. The number of benzene rings is 1. The van der Waals surface area contributed by atoms with E-state index in [4.69, 9.17) is 18.9 Å². The molecule has 0 unspecified atom stereocenters. The molecular formula is C27H36FN5O6. The SMILES string of the molecule is CCOC(=O)c1cnn2ccc(N[C@H](C)c3cc(F)cc(OC(C)C)c3OCCNC(=O)OC(C)(C)C)nc12. The normalized spacial score (nSPS) is 12.2. The number of ether oxygens (including phenoxy) is 4. The molecule has 0 saturated carbocycles. The van der Waals surface area contributed by atoms with E-state index in [1.807, 2.05) is 20.8 Å². The zero-order chi connectivity index (χ0) is 28.7. The maximum atomic E-state index is 14.7. The molecule has 0 spiro atoms. The van der Waals surface area contributed by atoms with Gasteiger partial charge in [-0.1, -0.05) is 0 Å². The summed E-state index contributed by atoms with van der Waals surface area (Å²) in [5, 5.41) is 10.00. The second kappa shape index (κ2) is 12.6. The van der Waals surface area contributed by atoms with Crippen molar-refractivity contribution in [3.8, 4) is 11.5 Å². The quantitative estimate of drug-likeness (QED) is 0.255. The largest absolute Gasteiger partial charge is 0.487 e. The highest BCUT2D eigenvalue weighted by Gasteiger charge is 2.22. The summed E-state index contributed by atoms with van der Waals surface area (Å²) < 4.78 is 38.3. The Morgan fingerprint density at radius 1 is 1.18 bits per heavy atom. The number of rotatable bonds is 11. The summed E-state index contributed by atoms with van der Waals surface area (Å²) in [6, 6.07) is 3.80. The maximum absolute atomic E-state index is 14.7. The van der Waals surface area contributed by atoms with Crippen LogP contribution >= 0.6 is 0 Å². The number of amides is 1. The van der Waals surface area contributed by atoms with E-state index >= 15 is 0 Å². The summed E-state index contributed by atoms with van der Waals surface area (Å²) in [6.07, 6.45) is 2.24. The van der Waals surface area contributed by atoms with Crippen molar-refractivity contribution in [2.45, 2.75) is 66.2 Å². The van der Waals surface area contributed by atoms with Crippen LogP contribution in [-0.2, 0) is 9.47 Å². The average Bonchev–Trinajstić information content (AvgIpc) is 3.24. The van der Waals surface area contributed by atoms with Crippen LogP contribution in [0, 0.1) is 5.82 Å². The van der Waals surface area contributed by atoms with Crippen molar-refractivity contribution in [2.24, 2.45) is 0 Å². The summed E-state index contributed by atoms with van der Waals surface area (Å²) in [5.41, 5.74) is 0.398. The summed E-state index contributed by atoms with van der Waals surface area (Å²) in [7, 11) is 0. The van der Waals surface area contributed by atoms with Crippen LogP contribution in [0.4, 0.5) is 15.0 Å². The third kappa shape index (κ3) is 8.20. The summed E-state index contributed by atoms with van der Waals surface area (Å²) in [6.45, 7) is 13.0. The van der Waals surface area contributed by atoms with Crippen LogP contribution in [0.1, 0.15) is 70.4 Å². The highest BCUT2D eigenvalue weighted by atomic mass is 19.1. The van der Waals surface area contributed by atoms with Crippen molar-refractivity contribution in [2.75, 3.05) is 25.1 Å². The molecule has 1 atom stereocenters. The molecule has 0 aliphatic heterocycles. The Hall–Kier alpha value is -4.09. The zero-order valence-corrected chi connectivity index (χ0v) is 23.3. The third-order valence-electron chi connectivity index (χ3n) is 5.12. The van der Waals surface area contributed by atoms with Gasteiger partial charge in [0.05, 0.1) is 31.5 Å². The Morgan fingerprint density at radius 2 is 1.92 bits per heavy atom. The fourth-order valence-corrected chi connectivity index (χ4v) is 3.63. The molecule has 0 aliphatic carbocycles. The maximum Gasteiger partial charge on any atom is 0.407 e. The molecule has 0 fully saturated rings. The van der Waals surface area contributed by atoms with Gasteiger partial charge in [-0.2, -0.15) is 5.10 Å². The van der Waals surface area contributed by atoms with Gasteiger partial charge in [0.15, 0.2) is 17.1 Å². The van der Waals surface area contributed by atoms with Crippen molar-refractivity contribution >= 4 is 23.5 Å². The number of aromatic nitrogens is 3. The zero-order valence-electron chi connectivity index (χ0n) is 23.3. The summed E-state index contributed by atoms with van der Waals surface area (Å²) in [5.74, 6) is -0.0450. The average molecular weight is 546 g/mol. The van der Waals surface area contributed by atoms with Crippen LogP contribution in [-0.4, -0.2) is 58.1 Å². The number of nitrogens with one attached hydrogen (secondary N) is 2. The summed E-state index contributed by atoms with van der Waals surface area (Å²) >= 11 is 0. The second-order valence-corrected chi connectivity index (χ2v) is 9.99. The van der Waals surface area contributed by atoms with Gasteiger partial charge in [-0.05, 0) is 60.6 Å². The van der Waals surface area contributed by atoms with Crippen LogP contribution in [0.2, 0.25) is 0 Å². The van der Waals surface area contributed by atoms with Crippen LogP contribution in [0.15, 0.2) is 30.6 Å². The standard InChI is InChI=1S/C27H36FN5O6/c1-8-36-25(34)20-15-30-33-11-9-22(32-24(20)33)31-17(4)19-13-18(28)14-21(38-16(2)3)23(19)37-12-10-29-26(35)39-27(5,6)7/h9,11,13-17H,8,10,12H2,1-7H3,(H,29,35)(H,31,32)/t17-/m1/s1. The lowest BCUT2D eigenvalue weighted by atomic mass is 10.1. The first-order valence-electron chi connectivity index (χ1n) is 12.8. The third-order valence-corrected chi connectivity index (χ3v) is 5.12. The van der Waals surface area contributed by atoms with E-state index in [-0.39, 0.29) is 37.2 Å². The number of anilines is 1. The predicted octanol–water partition coefficient (Wildman–Crippen LogP) is 4.91. The minimum absolute atomic E-state index is 0.0853. The van der Waals surface area contributed by atoms with Gasteiger partial charge in [0.25, 0.3) is 0 Å². The number of halogens is 1. The highest BCUT2D eigenvalue weighted by Crippen LogP contribution is 2.38. The van der Waals surface area contributed by atoms with Crippen LogP contribution in [0.25, 0.3) is 5.65 Å². The smallest absolute Gasteiger partial charge is 0.407 e. The number of alkyl carbamates (subject to hydrolysis) is 1. The minimum atomic E-state index is -0.625. The van der Waals surface area contributed by atoms with Crippen LogP contribution in [0.3, 0.4) is 0 Å². The van der Waals surface area contributed by atoms with Gasteiger partial charge in [0.1, 0.15) is 29.4 Å².